The minimum atomic E-state index is -3.86. The molecule has 0 aliphatic heterocycles. The maximum absolute atomic E-state index is 14.2. The van der Waals surface area contributed by atoms with Gasteiger partial charge < -0.3 is 4.74 Å². The number of nitriles is 1. The first-order valence-electron chi connectivity index (χ1n) is 8.63. The van der Waals surface area contributed by atoms with Gasteiger partial charge in [0.15, 0.2) is 0 Å². The zero-order valence-corrected chi connectivity index (χ0v) is 16.6. The average Bonchev–Trinajstić information content (AvgIpc) is 2.63. The summed E-state index contributed by atoms with van der Waals surface area (Å²) in [6.07, 6.45) is -3.74. The molecule has 0 spiro atoms. The molecule has 2 unspecified atom stereocenters. The van der Waals surface area contributed by atoms with E-state index in [0.717, 1.165) is 19.2 Å². The summed E-state index contributed by atoms with van der Waals surface area (Å²) in [6, 6.07) is 4.91. The van der Waals surface area contributed by atoms with E-state index < -0.39 is 23.9 Å². The summed E-state index contributed by atoms with van der Waals surface area (Å²) in [6.45, 7) is 6.34. The standard InChI is InChI=1S/C20H20ClF3N2O2/c1-5-27-19-16(11(2)8-25)7-17(21)12(3)18(19)14-6-15(10-26-9-14)20(23,24)28-13(4)22/h6-7,9-11,13H,5H2,1-4H3. The molecule has 0 bridgehead atoms. The van der Waals surface area contributed by atoms with Gasteiger partial charge in [0.2, 0.25) is 6.36 Å². The van der Waals surface area contributed by atoms with Crippen molar-refractivity contribution in [2.24, 2.45) is 0 Å². The molecule has 0 saturated heterocycles. The van der Waals surface area contributed by atoms with Crippen molar-refractivity contribution < 1.29 is 22.6 Å². The highest BCUT2D eigenvalue weighted by molar-refractivity contribution is 6.32. The van der Waals surface area contributed by atoms with Gasteiger partial charge in [0.05, 0.1) is 24.2 Å². The van der Waals surface area contributed by atoms with Crippen molar-refractivity contribution in [2.45, 2.75) is 46.1 Å². The molecule has 2 atom stereocenters. The van der Waals surface area contributed by atoms with Crippen LogP contribution >= 0.6 is 11.6 Å². The monoisotopic (exact) mass is 412 g/mol. The van der Waals surface area contributed by atoms with E-state index in [1.807, 2.05) is 0 Å². The molecular formula is C20H20ClF3N2O2. The quantitative estimate of drug-likeness (QED) is 0.550. The summed E-state index contributed by atoms with van der Waals surface area (Å²) in [7, 11) is 0. The van der Waals surface area contributed by atoms with Crippen LogP contribution in [0.3, 0.4) is 0 Å². The van der Waals surface area contributed by atoms with Gasteiger partial charge in [0.25, 0.3) is 0 Å². The van der Waals surface area contributed by atoms with E-state index in [9.17, 15) is 18.4 Å². The Morgan fingerprint density at radius 1 is 1.29 bits per heavy atom. The Morgan fingerprint density at radius 3 is 2.54 bits per heavy atom. The SMILES string of the molecule is CCOc1c(C(C)C#N)cc(Cl)c(C)c1-c1cncc(C(F)(F)OC(C)F)c1. The number of halogens is 4. The lowest BCUT2D eigenvalue weighted by Gasteiger charge is -2.21. The van der Waals surface area contributed by atoms with E-state index in [1.165, 1.54) is 6.20 Å². The largest absolute Gasteiger partial charge is 0.493 e. The molecule has 28 heavy (non-hydrogen) atoms. The third kappa shape index (κ3) is 4.57. The lowest BCUT2D eigenvalue weighted by molar-refractivity contribution is -0.293. The molecule has 150 valence electrons. The van der Waals surface area contributed by atoms with Gasteiger partial charge in [-0.1, -0.05) is 11.6 Å². The first-order valence-corrected chi connectivity index (χ1v) is 9.01. The molecule has 0 saturated carbocycles. The van der Waals surface area contributed by atoms with Crippen molar-refractivity contribution in [1.29, 1.82) is 5.26 Å². The number of rotatable bonds is 7. The Bertz CT molecular complexity index is 898. The highest BCUT2D eigenvalue weighted by Gasteiger charge is 2.36. The van der Waals surface area contributed by atoms with E-state index in [2.05, 4.69) is 15.8 Å². The number of benzene rings is 1. The van der Waals surface area contributed by atoms with Gasteiger partial charge in [-0.2, -0.15) is 14.0 Å². The molecule has 2 aromatic rings. The van der Waals surface area contributed by atoms with E-state index in [1.54, 1.807) is 26.8 Å². The minimum Gasteiger partial charge on any atom is -0.493 e. The van der Waals surface area contributed by atoms with Crippen LogP contribution in [0.4, 0.5) is 13.2 Å². The van der Waals surface area contributed by atoms with Crippen LogP contribution in [0.2, 0.25) is 5.02 Å². The van der Waals surface area contributed by atoms with Crippen LogP contribution in [0.25, 0.3) is 11.1 Å². The van der Waals surface area contributed by atoms with Gasteiger partial charge in [-0.25, -0.2) is 4.39 Å². The van der Waals surface area contributed by atoms with Gasteiger partial charge >= 0.3 is 6.11 Å². The Morgan fingerprint density at radius 2 is 1.96 bits per heavy atom. The van der Waals surface area contributed by atoms with E-state index >= 15 is 0 Å². The predicted molar refractivity (Wildman–Crippen MR) is 100 cm³/mol. The maximum atomic E-state index is 14.2. The Hall–Kier alpha value is -2.30. The molecule has 0 N–H and O–H groups in total. The van der Waals surface area contributed by atoms with Gasteiger partial charge in [-0.15, -0.1) is 0 Å². The third-order valence-corrected chi connectivity index (χ3v) is 4.52. The van der Waals surface area contributed by atoms with Crippen LogP contribution in [-0.2, 0) is 10.8 Å². The van der Waals surface area contributed by atoms with Crippen molar-refractivity contribution in [3.8, 4) is 22.9 Å². The fourth-order valence-electron chi connectivity index (χ4n) is 2.79. The number of ether oxygens (including phenoxy) is 2. The van der Waals surface area contributed by atoms with Crippen LogP contribution in [0.15, 0.2) is 24.5 Å². The highest BCUT2D eigenvalue weighted by Crippen LogP contribution is 2.43. The number of aromatic nitrogens is 1. The summed E-state index contributed by atoms with van der Waals surface area (Å²) in [5.74, 6) is -0.160. The summed E-state index contributed by atoms with van der Waals surface area (Å²) in [5, 5.41) is 9.69. The lowest BCUT2D eigenvalue weighted by Crippen LogP contribution is -2.22. The molecular weight excluding hydrogens is 393 g/mol. The van der Waals surface area contributed by atoms with Crippen molar-refractivity contribution in [3.63, 3.8) is 0 Å². The summed E-state index contributed by atoms with van der Waals surface area (Å²) in [5.41, 5.74) is 1.26. The second-order valence-electron chi connectivity index (χ2n) is 6.20. The van der Waals surface area contributed by atoms with Gasteiger partial charge in [-0.3, -0.25) is 9.72 Å². The van der Waals surface area contributed by atoms with Gasteiger partial charge in [0.1, 0.15) is 5.75 Å². The predicted octanol–water partition coefficient (Wildman–Crippen LogP) is 6.12. The van der Waals surface area contributed by atoms with E-state index in [-0.39, 0.29) is 0 Å². The molecule has 0 amide bonds. The zero-order chi connectivity index (χ0) is 21.1. The van der Waals surface area contributed by atoms with Gasteiger partial charge in [0, 0.05) is 34.1 Å². The van der Waals surface area contributed by atoms with Crippen LogP contribution < -0.4 is 4.74 Å². The molecule has 1 heterocycles. The first-order chi connectivity index (χ1) is 13.1. The molecule has 1 aromatic carbocycles. The highest BCUT2D eigenvalue weighted by atomic mass is 35.5. The molecule has 1 aromatic heterocycles. The number of alkyl halides is 3. The summed E-state index contributed by atoms with van der Waals surface area (Å²) in [4.78, 5) is 3.86. The number of nitrogens with zero attached hydrogens (tertiary/aromatic N) is 2. The number of hydrogen-bond acceptors (Lipinski definition) is 4. The van der Waals surface area contributed by atoms with Crippen LogP contribution in [0.1, 0.15) is 43.4 Å². The summed E-state index contributed by atoms with van der Waals surface area (Å²) < 4.78 is 51.2. The second kappa shape index (κ2) is 8.80. The molecule has 0 radical (unpaired) electrons. The van der Waals surface area contributed by atoms with Crippen LogP contribution in [0, 0.1) is 18.3 Å². The fraction of sp³-hybridized carbons (Fsp3) is 0.400. The van der Waals surface area contributed by atoms with Crippen molar-refractivity contribution >= 4 is 11.6 Å². The number of hydrogen-bond donors (Lipinski definition) is 0. The molecule has 8 heteroatoms. The Kier molecular flexibility index (Phi) is 6.91. The second-order valence-corrected chi connectivity index (χ2v) is 6.61. The van der Waals surface area contributed by atoms with E-state index in [4.69, 9.17) is 16.3 Å². The Labute approximate surface area is 166 Å². The molecule has 2 rings (SSSR count). The van der Waals surface area contributed by atoms with E-state index in [0.29, 0.717) is 39.6 Å². The molecule has 0 fully saturated rings. The van der Waals surface area contributed by atoms with Crippen molar-refractivity contribution in [1.82, 2.24) is 4.98 Å². The fourth-order valence-corrected chi connectivity index (χ4v) is 3.00. The molecule has 0 aliphatic rings. The third-order valence-electron chi connectivity index (χ3n) is 4.13. The molecule has 0 aliphatic carbocycles. The molecule has 4 nitrogen and oxygen atoms in total. The normalized spacial score (nSPS) is 13.7. The smallest absolute Gasteiger partial charge is 0.387 e. The topological polar surface area (TPSA) is 55.1 Å². The maximum Gasteiger partial charge on any atom is 0.387 e. The van der Waals surface area contributed by atoms with Crippen molar-refractivity contribution in [2.75, 3.05) is 6.61 Å². The van der Waals surface area contributed by atoms with Crippen LogP contribution in [-0.4, -0.2) is 17.9 Å². The Balaban J connectivity index is 2.73. The average molecular weight is 413 g/mol. The van der Waals surface area contributed by atoms with Gasteiger partial charge in [-0.05, 0) is 45.4 Å². The van der Waals surface area contributed by atoms with Crippen LogP contribution in [0.5, 0.6) is 5.75 Å². The summed E-state index contributed by atoms with van der Waals surface area (Å²) >= 11 is 6.33. The number of pyridine rings is 1. The minimum absolute atomic E-state index is 0.294. The first kappa shape index (κ1) is 22.0. The zero-order valence-electron chi connectivity index (χ0n) is 15.9. The van der Waals surface area contributed by atoms with Crippen molar-refractivity contribution in [3.05, 3.63) is 46.2 Å². The lowest BCUT2D eigenvalue weighted by atomic mass is 9.92.